The molecule has 1 heterocycles. The van der Waals surface area contributed by atoms with Crippen molar-refractivity contribution in [2.45, 2.75) is 26.1 Å². The van der Waals surface area contributed by atoms with Crippen LogP contribution in [-0.4, -0.2) is 35.2 Å². The zero-order chi connectivity index (χ0) is 21.7. The number of amidine groups is 1. The van der Waals surface area contributed by atoms with E-state index >= 15 is 0 Å². The smallest absolute Gasteiger partial charge is 0.241 e. The van der Waals surface area contributed by atoms with E-state index in [4.69, 9.17) is 21.1 Å². The SMILES string of the molecule is CC(=O)NC1=NN(C(C)=O)[C@H](c2ccc(OCCOc3ccc(Cl)c(C)c3)cc2)S1. The molecule has 0 saturated heterocycles. The largest absolute Gasteiger partial charge is 0.490 e. The fourth-order valence-corrected chi connectivity index (χ4v) is 3.99. The number of hydrogen-bond acceptors (Lipinski definition) is 6. The molecule has 3 rings (SSSR count). The highest BCUT2D eigenvalue weighted by molar-refractivity contribution is 8.14. The van der Waals surface area contributed by atoms with Gasteiger partial charge >= 0.3 is 0 Å². The fourth-order valence-electron chi connectivity index (χ4n) is 2.73. The second-order valence-electron chi connectivity index (χ2n) is 6.60. The van der Waals surface area contributed by atoms with Crippen LogP contribution in [0.4, 0.5) is 0 Å². The van der Waals surface area contributed by atoms with Crippen molar-refractivity contribution in [2.75, 3.05) is 13.2 Å². The van der Waals surface area contributed by atoms with Crippen molar-refractivity contribution in [1.82, 2.24) is 10.3 Å². The molecule has 1 N–H and O–H groups in total. The summed E-state index contributed by atoms with van der Waals surface area (Å²) in [5.41, 5.74) is 1.83. The first-order chi connectivity index (χ1) is 14.3. The van der Waals surface area contributed by atoms with Crippen molar-refractivity contribution >= 4 is 40.3 Å². The molecule has 1 aliphatic rings. The number of hydrogen-bond donors (Lipinski definition) is 1. The minimum absolute atomic E-state index is 0.206. The topological polar surface area (TPSA) is 80.2 Å². The standard InChI is InChI=1S/C21H22ClN3O4S/c1-13-12-18(8-9-19(13)22)29-11-10-28-17-6-4-16(5-7-17)20-25(15(3)27)24-21(30-20)23-14(2)26/h4-9,12,20H,10-11H2,1-3H3,(H,23,24,26)/t20-/m0/s1. The van der Waals surface area contributed by atoms with Crippen molar-refractivity contribution in [2.24, 2.45) is 5.10 Å². The molecule has 2 amide bonds. The van der Waals surface area contributed by atoms with Gasteiger partial charge in [-0.05, 0) is 48.4 Å². The molecule has 2 aromatic carbocycles. The highest BCUT2D eigenvalue weighted by Gasteiger charge is 2.32. The third-order valence-electron chi connectivity index (χ3n) is 4.16. The molecule has 0 saturated carbocycles. The number of thioether (sulfide) groups is 1. The highest BCUT2D eigenvalue weighted by atomic mass is 35.5. The van der Waals surface area contributed by atoms with Gasteiger partial charge in [0.05, 0.1) is 0 Å². The van der Waals surface area contributed by atoms with Crippen LogP contribution in [0, 0.1) is 6.92 Å². The molecule has 7 nitrogen and oxygen atoms in total. The summed E-state index contributed by atoms with van der Waals surface area (Å²) in [4.78, 5) is 23.2. The Labute approximate surface area is 184 Å². The third kappa shape index (κ3) is 5.67. The number of rotatable bonds is 6. The summed E-state index contributed by atoms with van der Waals surface area (Å²) in [5, 5.41) is 8.93. The van der Waals surface area contributed by atoms with E-state index in [1.165, 1.54) is 30.6 Å². The number of nitrogens with zero attached hydrogens (tertiary/aromatic N) is 2. The maximum absolute atomic E-state index is 11.9. The Morgan fingerprint density at radius 2 is 1.73 bits per heavy atom. The van der Waals surface area contributed by atoms with Crippen LogP contribution in [0.25, 0.3) is 0 Å². The maximum atomic E-state index is 11.9. The first-order valence-corrected chi connectivity index (χ1v) is 10.5. The molecule has 30 heavy (non-hydrogen) atoms. The van der Waals surface area contributed by atoms with Gasteiger partial charge < -0.3 is 14.8 Å². The average Bonchev–Trinajstić information content (AvgIpc) is 3.12. The highest BCUT2D eigenvalue weighted by Crippen LogP contribution is 2.39. The van der Waals surface area contributed by atoms with Crippen LogP contribution in [0.5, 0.6) is 11.5 Å². The summed E-state index contributed by atoms with van der Waals surface area (Å²) >= 11 is 7.32. The molecule has 1 atom stereocenters. The predicted molar refractivity (Wildman–Crippen MR) is 118 cm³/mol. The predicted octanol–water partition coefficient (Wildman–Crippen LogP) is 4.11. The molecular weight excluding hydrogens is 426 g/mol. The lowest BCUT2D eigenvalue weighted by Gasteiger charge is -2.19. The molecule has 0 aromatic heterocycles. The van der Waals surface area contributed by atoms with E-state index in [1.54, 1.807) is 6.07 Å². The molecule has 0 spiro atoms. The van der Waals surface area contributed by atoms with Crippen molar-refractivity contribution < 1.29 is 19.1 Å². The van der Waals surface area contributed by atoms with E-state index < -0.39 is 0 Å². The molecule has 0 aliphatic carbocycles. The molecule has 0 radical (unpaired) electrons. The number of nitrogens with one attached hydrogen (secondary N) is 1. The van der Waals surface area contributed by atoms with Gasteiger partial charge in [-0.3, -0.25) is 9.59 Å². The number of carbonyl (C=O) groups excluding carboxylic acids is 2. The Hall–Kier alpha value is -2.71. The van der Waals surface area contributed by atoms with Crippen LogP contribution < -0.4 is 14.8 Å². The number of carbonyl (C=O) groups is 2. The Balaban J connectivity index is 1.53. The van der Waals surface area contributed by atoms with E-state index in [0.29, 0.717) is 29.2 Å². The van der Waals surface area contributed by atoms with E-state index in [1.807, 2.05) is 43.3 Å². The number of ether oxygens (including phenoxy) is 2. The zero-order valence-electron chi connectivity index (χ0n) is 16.8. The number of benzene rings is 2. The van der Waals surface area contributed by atoms with Crippen LogP contribution in [0.15, 0.2) is 47.6 Å². The minimum Gasteiger partial charge on any atom is -0.490 e. The second-order valence-corrected chi connectivity index (χ2v) is 8.07. The van der Waals surface area contributed by atoms with Crippen LogP contribution in [0.1, 0.15) is 30.3 Å². The van der Waals surface area contributed by atoms with Gasteiger partial charge in [0, 0.05) is 18.9 Å². The lowest BCUT2D eigenvalue weighted by atomic mass is 10.2. The number of aryl methyl sites for hydroxylation is 1. The molecule has 158 valence electrons. The first kappa shape index (κ1) is 22.0. The van der Waals surface area contributed by atoms with Crippen molar-refractivity contribution in [3.8, 4) is 11.5 Å². The summed E-state index contributed by atoms with van der Waals surface area (Å²) in [5.74, 6) is 0.997. The summed E-state index contributed by atoms with van der Waals surface area (Å²) < 4.78 is 11.4. The van der Waals surface area contributed by atoms with Gasteiger partial charge in [0.2, 0.25) is 11.8 Å². The minimum atomic E-state index is -0.338. The molecule has 0 fully saturated rings. The second kappa shape index (κ2) is 9.86. The summed E-state index contributed by atoms with van der Waals surface area (Å²) in [6.45, 7) is 5.54. The molecule has 9 heteroatoms. The molecular formula is C21H22ClN3O4S. The van der Waals surface area contributed by atoms with Crippen molar-refractivity contribution in [1.29, 1.82) is 0 Å². The Morgan fingerprint density at radius 3 is 2.33 bits per heavy atom. The fraction of sp³-hybridized carbons (Fsp3) is 0.286. The van der Waals surface area contributed by atoms with Crippen LogP contribution in [0.2, 0.25) is 5.02 Å². The van der Waals surface area contributed by atoms with Crippen LogP contribution in [0.3, 0.4) is 0 Å². The van der Waals surface area contributed by atoms with E-state index in [-0.39, 0.29) is 17.2 Å². The quantitative estimate of drug-likeness (QED) is 0.674. The van der Waals surface area contributed by atoms with Gasteiger partial charge in [-0.15, -0.1) is 5.10 Å². The van der Waals surface area contributed by atoms with Gasteiger partial charge in [0.1, 0.15) is 30.1 Å². The third-order valence-corrected chi connectivity index (χ3v) is 5.69. The molecule has 0 bridgehead atoms. The Bertz CT molecular complexity index is 965. The van der Waals surface area contributed by atoms with Gasteiger partial charge in [-0.2, -0.15) is 0 Å². The monoisotopic (exact) mass is 447 g/mol. The Morgan fingerprint density at radius 1 is 1.10 bits per heavy atom. The van der Waals surface area contributed by atoms with E-state index in [9.17, 15) is 9.59 Å². The van der Waals surface area contributed by atoms with Gasteiger partial charge in [-0.25, -0.2) is 5.01 Å². The average molecular weight is 448 g/mol. The van der Waals surface area contributed by atoms with E-state index in [2.05, 4.69) is 10.4 Å². The van der Waals surface area contributed by atoms with Crippen LogP contribution in [-0.2, 0) is 9.59 Å². The normalized spacial score (nSPS) is 15.5. The van der Waals surface area contributed by atoms with Crippen LogP contribution >= 0.6 is 23.4 Å². The first-order valence-electron chi connectivity index (χ1n) is 9.28. The number of amides is 2. The molecule has 2 aromatic rings. The van der Waals surface area contributed by atoms with Gasteiger partial charge in [-0.1, -0.05) is 35.5 Å². The van der Waals surface area contributed by atoms with Crippen molar-refractivity contribution in [3.05, 3.63) is 58.6 Å². The maximum Gasteiger partial charge on any atom is 0.241 e. The Kier molecular flexibility index (Phi) is 7.23. The summed E-state index contributed by atoms with van der Waals surface area (Å²) in [6.07, 6.45) is 0. The summed E-state index contributed by atoms with van der Waals surface area (Å²) in [7, 11) is 0. The van der Waals surface area contributed by atoms with E-state index in [0.717, 1.165) is 16.9 Å². The van der Waals surface area contributed by atoms with Gasteiger partial charge in [0.15, 0.2) is 5.17 Å². The number of hydrazone groups is 1. The number of halogens is 1. The lowest BCUT2D eigenvalue weighted by Crippen LogP contribution is -2.25. The zero-order valence-corrected chi connectivity index (χ0v) is 18.4. The molecule has 1 aliphatic heterocycles. The molecule has 0 unspecified atom stereocenters. The van der Waals surface area contributed by atoms with Crippen molar-refractivity contribution in [3.63, 3.8) is 0 Å². The summed E-state index contributed by atoms with van der Waals surface area (Å²) in [6, 6.07) is 12.9. The lowest BCUT2D eigenvalue weighted by molar-refractivity contribution is -0.129. The van der Waals surface area contributed by atoms with Gasteiger partial charge in [0.25, 0.3) is 0 Å².